The third-order valence-electron chi connectivity index (χ3n) is 3.88. The molecule has 3 nitrogen and oxygen atoms in total. The van der Waals surface area contributed by atoms with Crippen LogP contribution in [0, 0.1) is 0 Å². The zero-order chi connectivity index (χ0) is 16.3. The van der Waals surface area contributed by atoms with Crippen molar-refractivity contribution in [1.82, 2.24) is 0 Å². The Kier molecular flexibility index (Phi) is 24.2. The van der Waals surface area contributed by atoms with Gasteiger partial charge in [-0.05, 0) is 32.1 Å². The van der Waals surface area contributed by atoms with E-state index in [0.29, 0.717) is 0 Å². The van der Waals surface area contributed by atoms with Crippen molar-refractivity contribution < 1.29 is 44.2 Å². The molecule has 4 heteroatoms. The van der Waals surface area contributed by atoms with Crippen LogP contribution in [0.25, 0.3) is 0 Å². The van der Waals surface area contributed by atoms with Crippen LogP contribution in [0.15, 0.2) is 12.2 Å². The largest absolute Gasteiger partial charge is 1.00 e. The molecule has 0 heterocycles. The van der Waals surface area contributed by atoms with Crippen molar-refractivity contribution in [3.05, 3.63) is 12.2 Å². The molecule has 23 heavy (non-hydrogen) atoms. The molecular formula is C19H35NaO3. The standard InChI is InChI=1S/C19H36O3.Na/c1-2-3-4-5-6-7-8-9-10-11-12-13-14-15-16-17-18-22-19(20)21;/h9-10H,2-8,11-18H2,1H3,(H,20,21);/q;+1/p-1/b10-9-;. The summed E-state index contributed by atoms with van der Waals surface area (Å²) in [6.45, 7) is 2.54. The van der Waals surface area contributed by atoms with Crippen LogP contribution in [0.1, 0.15) is 96.8 Å². The Bertz CT molecular complexity index is 267. The molecule has 0 unspecified atom stereocenters. The third kappa shape index (κ3) is 24.4. The zero-order valence-corrected chi connectivity index (χ0v) is 17.5. The van der Waals surface area contributed by atoms with Crippen LogP contribution in [0.4, 0.5) is 4.79 Å². The van der Waals surface area contributed by atoms with E-state index in [1.807, 2.05) is 0 Å². The Morgan fingerprint density at radius 3 is 1.70 bits per heavy atom. The molecule has 0 saturated carbocycles. The molecule has 0 aliphatic carbocycles. The van der Waals surface area contributed by atoms with E-state index in [1.165, 1.54) is 70.6 Å². The number of carboxylic acid groups (broad SMARTS) is 1. The molecule has 0 saturated heterocycles. The van der Waals surface area contributed by atoms with Gasteiger partial charge < -0.3 is 14.6 Å². The molecule has 130 valence electrons. The maximum Gasteiger partial charge on any atom is 1.00 e. The van der Waals surface area contributed by atoms with E-state index < -0.39 is 6.16 Å². The van der Waals surface area contributed by atoms with Crippen LogP contribution in [0.2, 0.25) is 0 Å². The quantitative estimate of drug-likeness (QED) is 0.188. The van der Waals surface area contributed by atoms with Crippen molar-refractivity contribution in [2.75, 3.05) is 6.61 Å². The van der Waals surface area contributed by atoms with Crippen molar-refractivity contribution in [3.63, 3.8) is 0 Å². The minimum Gasteiger partial charge on any atom is -0.550 e. The number of unbranched alkanes of at least 4 members (excludes halogenated alkanes) is 12. The maximum absolute atomic E-state index is 10.0. The van der Waals surface area contributed by atoms with Gasteiger partial charge in [0.1, 0.15) is 0 Å². The summed E-state index contributed by atoms with van der Waals surface area (Å²) in [6.07, 6.45) is 20.7. The van der Waals surface area contributed by atoms with Crippen LogP contribution in [-0.4, -0.2) is 12.8 Å². The summed E-state index contributed by atoms with van der Waals surface area (Å²) >= 11 is 0. The van der Waals surface area contributed by atoms with Crippen LogP contribution in [-0.2, 0) is 4.74 Å². The number of ether oxygens (including phenoxy) is 1. The van der Waals surface area contributed by atoms with Crippen LogP contribution in [0.3, 0.4) is 0 Å². The first-order valence-electron chi connectivity index (χ1n) is 9.26. The average Bonchev–Trinajstić information content (AvgIpc) is 2.50. The molecule has 0 atom stereocenters. The molecule has 0 aromatic heterocycles. The van der Waals surface area contributed by atoms with Gasteiger partial charge in [0.2, 0.25) is 0 Å². The topological polar surface area (TPSA) is 49.4 Å². The summed E-state index contributed by atoms with van der Waals surface area (Å²) in [7, 11) is 0. The van der Waals surface area contributed by atoms with Gasteiger partial charge >= 0.3 is 29.6 Å². The number of carbonyl (C=O) groups excluding carboxylic acids is 1. The van der Waals surface area contributed by atoms with Crippen molar-refractivity contribution in [2.24, 2.45) is 0 Å². The van der Waals surface area contributed by atoms with Crippen molar-refractivity contribution in [2.45, 2.75) is 96.8 Å². The summed E-state index contributed by atoms with van der Waals surface area (Å²) < 4.78 is 4.36. The number of rotatable bonds is 16. The maximum atomic E-state index is 10.0. The second-order valence-electron chi connectivity index (χ2n) is 6.04. The fourth-order valence-electron chi connectivity index (χ4n) is 2.51. The second-order valence-corrected chi connectivity index (χ2v) is 6.04. The van der Waals surface area contributed by atoms with Crippen molar-refractivity contribution in [3.8, 4) is 0 Å². The van der Waals surface area contributed by atoms with E-state index in [1.54, 1.807) is 0 Å². The van der Waals surface area contributed by atoms with E-state index in [4.69, 9.17) is 0 Å². The van der Waals surface area contributed by atoms with E-state index in [0.717, 1.165) is 19.3 Å². The molecule has 0 bridgehead atoms. The first kappa shape index (κ1) is 25.3. The summed E-state index contributed by atoms with van der Waals surface area (Å²) in [6, 6.07) is 0. The summed E-state index contributed by atoms with van der Waals surface area (Å²) in [4.78, 5) is 10.0. The molecule has 0 radical (unpaired) electrons. The van der Waals surface area contributed by atoms with E-state index in [9.17, 15) is 9.90 Å². The number of hydrogen-bond acceptors (Lipinski definition) is 3. The van der Waals surface area contributed by atoms with E-state index in [-0.39, 0.29) is 36.2 Å². The molecule has 0 aliphatic heterocycles. The van der Waals surface area contributed by atoms with E-state index in [2.05, 4.69) is 23.8 Å². The summed E-state index contributed by atoms with van der Waals surface area (Å²) in [5.41, 5.74) is 0. The Labute approximate surface area is 165 Å². The van der Waals surface area contributed by atoms with Gasteiger partial charge in [0.25, 0.3) is 6.16 Å². The molecule has 0 aliphatic rings. The Balaban J connectivity index is 0. The molecule has 0 spiro atoms. The number of allylic oxidation sites excluding steroid dienone is 2. The van der Waals surface area contributed by atoms with E-state index >= 15 is 0 Å². The van der Waals surface area contributed by atoms with Crippen molar-refractivity contribution in [1.29, 1.82) is 0 Å². The predicted octanol–water partition coefficient (Wildman–Crippen LogP) is 2.39. The third-order valence-corrected chi connectivity index (χ3v) is 3.88. The van der Waals surface area contributed by atoms with Gasteiger partial charge in [0, 0.05) is 6.61 Å². The van der Waals surface area contributed by atoms with Gasteiger partial charge in [-0.15, -0.1) is 0 Å². The monoisotopic (exact) mass is 334 g/mol. The average molecular weight is 334 g/mol. The van der Waals surface area contributed by atoms with Gasteiger partial charge in [-0.1, -0.05) is 76.9 Å². The predicted molar refractivity (Wildman–Crippen MR) is 90.8 cm³/mol. The normalized spacial score (nSPS) is 10.7. The van der Waals surface area contributed by atoms with Crippen LogP contribution in [0.5, 0.6) is 0 Å². The Morgan fingerprint density at radius 2 is 1.22 bits per heavy atom. The SMILES string of the molecule is CCCCCCCC/C=C\CCCCCCCCOC(=O)[O-].[Na+]. The Hall–Kier alpha value is 0.0100. The van der Waals surface area contributed by atoms with Crippen LogP contribution < -0.4 is 34.7 Å². The molecule has 0 amide bonds. The van der Waals surface area contributed by atoms with Gasteiger partial charge in [-0.25, -0.2) is 0 Å². The fraction of sp³-hybridized carbons (Fsp3) is 0.842. The summed E-state index contributed by atoms with van der Waals surface area (Å²) in [5, 5.41) is 10.0. The fourth-order valence-corrected chi connectivity index (χ4v) is 2.51. The summed E-state index contributed by atoms with van der Waals surface area (Å²) in [5.74, 6) is 0. The minimum absolute atomic E-state index is 0. The van der Waals surface area contributed by atoms with Gasteiger partial charge in [0.15, 0.2) is 0 Å². The van der Waals surface area contributed by atoms with Gasteiger partial charge in [0.05, 0.1) is 0 Å². The minimum atomic E-state index is -1.41. The molecule has 0 aromatic rings. The molecule has 0 N–H and O–H groups in total. The first-order valence-corrected chi connectivity index (χ1v) is 9.26. The molecule has 0 rings (SSSR count). The molecule has 0 fully saturated rings. The Morgan fingerprint density at radius 1 is 0.783 bits per heavy atom. The number of carbonyl (C=O) groups is 1. The number of hydrogen-bond donors (Lipinski definition) is 0. The zero-order valence-electron chi connectivity index (χ0n) is 15.5. The van der Waals surface area contributed by atoms with Crippen molar-refractivity contribution >= 4 is 6.16 Å². The second kappa shape index (κ2) is 22.0. The van der Waals surface area contributed by atoms with Gasteiger partial charge in [-0.3, -0.25) is 0 Å². The smallest absolute Gasteiger partial charge is 0.550 e. The van der Waals surface area contributed by atoms with Gasteiger partial charge in [-0.2, -0.15) is 0 Å². The molecular weight excluding hydrogens is 299 g/mol. The van der Waals surface area contributed by atoms with Crippen LogP contribution >= 0.6 is 0 Å². The molecule has 0 aromatic carbocycles. The first-order chi connectivity index (χ1) is 10.8.